The number of hydrogen-bond donors (Lipinski definition) is 0. The van der Waals surface area contributed by atoms with Gasteiger partial charge < -0.3 is 19.3 Å². The van der Waals surface area contributed by atoms with E-state index in [4.69, 9.17) is 9.47 Å². The average molecular weight is 931 g/mol. The summed E-state index contributed by atoms with van der Waals surface area (Å²) in [5.41, 5.74) is 2.78. The Balaban J connectivity index is 1.49. The van der Waals surface area contributed by atoms with E-state index in [-0.39, 0.29) is 94.7 Å². The topological polar surface area (TPSA) is 214 Å². The first-order chi connectivity index (χ1) is 32.0. The molecule has 67 heavy (non-hydrogen) atoms. The molecule has 4 aromatic rings. The Kier molecular flexibility index (Phi) is 15.7. The van der Waals surface area contributed by atoms with Crippen molar-refractivity contribution in [1.29, 1.82) is 0 Å². The molecule has 0 aromatic heterocycles. The molecular formula is C50H50N4O12S. The Hall–Kier alpha value is -7.27. The molecule has 2 aliphatic rings. The molecule has 2 heterocycles. The summed E-state index contributed by atoms with van der Waals surface area (Å²) in [6, 6.07) is 20.4. The van der Waals surface area contributed by atoms with Crippen LogP contribution in [0.3, 0.4) is 0 Å². The van der Waals surface area contributed by atoms with Gasteiger partial charge in [-0.05, 0) is 69.5 Å². The molecule has 2 atom stereocenters. The fraction of sp³-hybridized carbons (Fsp3) is 0.320. The normalized spacial score (nSPS) is 16.5. The molecule has 348 valence electrons. The number of nitro groups is 2. The largest absolute Gasteiger partial charge is 0.468 e. The zero-order valence-corrected chi connectivity index (χ0v) is 38.7. The number of nitrogens with zero attached hydrogens (tertiary/aromatic N) is 4. The molecule has 0 radical (unpaired) electrons. The first kappa shape index (κ1) is 49.2. The molecule has 0 bridgehead atoms. The third kappa shape index (κ3) is 10.7. The third-order valence-corrected chi connectivity index (χ3v) is 13.0. The van der Waals surface area contributed by atoms with Crippen molar-refractivity contribution in [2.24, 2.45) is 11.8 Å². The van der Waals surface area contributed by atoms with Crippen LogP contribution in [0.1, 0.15) is 74.6 Å². The van der Waals surface area contributed by atoms with Gasteiger partial charge in [-0.25, -0.2) is 0 Å². The van der Waals surface area contributed by atoms with Crippen LogP contribution >= 0.6 is 11.8 Å². The minimum Gasteiger partial charge on any atom is -0.468 e. The number of hydrogen-bond acceptors (Lipinski definition) is 13. The number of benzene rings is 4. The van der Waals surface area contributed by atoms with E-state index in [0.717, 1.165) is 37.1 Å². The Morgan fingerprint density at radius 3 is 1.34 bits per heavy atom. The van der Waals surface area contributed by atoms with E-state index in [1.54, 1.807) is 36.4 Å². The van der Waals surface area contributed by atoms with Crippen LogP contribution < -0.4 is 0 Å². The highest BCUT2D eigenvalue weighted by Crippen LogP contribution is 2.50. The molecule has 17 heteroatoms. The number of ether oxygens (including phenoxy) is 2. The van der Waals surface area contributed by atoms with Crippen LogP contribution in [-0.2, 0) is 38.2 Å². The lowest BCUT2D eigenvalue weighted by Crippen LogP contribution is -2.46. The number of carbonyl (C=O) groups excluding carboxylic acids is 6. The zero-order chi connectivity index (χ0) is 48.7. The number of likely N-dealkylation sites (tertiary alicyclic amines) is 2. The number of ketones is 2. The van der Waals surface area contributed by atoms with Crippen molar-refractivity contribution in [3.05, 3.63) is 127 Å². The highest BCUT2D eigenvalue weighted by atomic mass is 32.2. The number of nitro benzene ring substituents is 2. The number of rotatable bonds is 14. The van der Waals surface area contributed by atoms with Gasteiger partial charge in [0.1, 0.15) is 11.8 Å². The van der Waals surface area contributed by atoms with Crippen molar-refractivity contribution < 1.29 is 48.1 Å². The van der Waals surface area contributed by atoms with Crippen molar-refractivity contribution in [3.8, 4) is 22.3 Å². The quantitative estimate of drug-likeness (QED) is 0.0382. The van der Waals surface area contributed by atoms with Gasteiger partial charge in [-0.2, -0.15) is 0 Å². The van der Waals surface area contributed by atoms with Gasteiger partial charge in [0.05, 0.1) is 45.0 Å². The minimum atomic E-state index is -1.13. The minimum absolute atomic E-state index is 0.0449. The van der Waals surface area contributed by atoms with Crippen LogP contribution in [0.15, 0.2) is 94.7 Å². The van der Waals surface area contributed by atoms with Gasteiger partial charge in [0.25, 0.3) is 11.4 Å². The molecular weight excluding hydrogens is 881 g/mol. The lowest BCUT2D eigenvalue weighted by Gasteiger charge is -2.29. The Morgan fingerprint density at radius 1 is 0.627 bits per heavy atom. The van der Waals surface area contributed by atoms with Gasteiger partial charge in [0.15, 0.2) is 11.6 Å². The maximum Gasteiger partial charge on any atom is 0.318 e. The molecule has 6 rings (SSSR count). The third-order valence-electron chi connectivity index (χ3n) is 11.9. The van der Waals surface area contributed by atoms with Crippen LogP contribution in [0.25, 0.3) is 34.4 Å². The van der Waals surface area contributed by atoms with E-state index in [1.165, 1.54) is 46.2 Å². The van der Waals surface area contributed by atoms with Crippen LogP contribution in [0.2, 0.25) is 0 Å². The van der Waals surface area contributed by atoms with E-state index in [9.17, 15) is 49.0 Å². The van der Waals surface area contributed by atoms with Gasteiger partial charge in [0, 0.05) is 51.2 Å². The average Bonchev–Trinajstić information content (AvgIpc) is 3.32. The van der Waals surface area contributed by atoms with Crippen molar-refractivity contribution in [2.45, 2.75) is 62.2 Å². The molecule has 2 amide bonds. The summed E-state index contributed by atoms with van der Waals surface area (Å²) in [5, 5.41) is 26.9. The summed E-state index contributed by atoms with van der Waals surface area (Å²) >= 11 is 0.832. The van der Waals surface area contributed by atoms with Crippen LogP contribution in [0.5, 0.6) is 0 Å². The number of piperidine rings is 2. The number of esters is 2. The number of carbonyl (C=O) groups is 6. The fourth-order valence-corrected chi connectivity index (χ4v) is 9.47. The molecule has 0 saturated carbocycles. The van der Waals surface area contributed by atoms with Crippen LogP contribution in [-0.4, -0.2) is 95.4 Å². The molecule has 0 N–H and O–H groups in total. The molecule has 2 saturated heterocycles. The molecule has 2 aliphatic heterocycles. The van der Waals surface area contributed by atoms with Gasteiger partial charge in [-0.3, -0.25) is 49.0 Å². The van der Waals surface area contributed by atoms with E-state index in [0.29, 0.717) is 22.3 Å². The summed E-state index contributed by atoms with van der Waals surface area (Å²) in [4.78, 5) is 105. The monoisotopic (exact) mass is 930 g/mol. The maximum absolute atomic E-state index is 13.6. The predicted molar refractivity (Wildman–Crippen MR) is 251 cm³/mol. The Labute approximate surface area is 391 Å². The Bertz CT molecular complexity index is 2530. The van der Waals surface area contributed by atoms with Gasteiger partial charge in [-0.1, -0.05) is 100 Å². The van der Waals surface area contributed by atoms with Gasteiger partial charge in [0.2, 0.25) is 11.8 Å². The van der Waals surface area contributed by atoms with E-state index in [1.807, 2.05) is 52.0 Å². The summed E-state index contributed by atoms with van der Waals surface area (Å²) in [6.45, 7) is 7.53. The van der Waals surface area contributed by atoms with E-state index in [2.05, 4.69) is 0 Å². The van der Waals surface area contributed by atoms with Crippen molar-refractivity contribution >= 4 is 70.6 Å². The summed E-state index contributed by atoms with van der Waals surface area (Å²) in [5.74, 6) is -5.68. The number of Topliss-reactive ketones (excluding diaryl/α,β-unsaturated/α-hetero) is 2. The van der Waals surface area contributed by atoms with E-state index >= 15 is 0 Å². The smallest absolute Gasteiger partial charge is 0.318 e. The lowest BCUT2D eigenvalue weighted by atomic mass is 9.89. The standard InChI is InChI=1S/C50H50N4O12S/c1-29(2)33-11-7-9-13-35(33)45-31(17-21-43(57)51-25-23-39(55)37(27-51)49(59)65-5)15-19-41(47(45)53(61)62)67-42-20-16-32(18-22-44(58)52-26-24-40(56)38(28-52)50(60)66-6)46(48(42)54(63)64)36-14-10-8-12-34(36)30(3)4/h7-22,29-30,37-38H,23-28H2,1-6H3/b21-17+,22-18+. The highest BCUT2D eigenvalue weighted by Gasteiger charge is 2.37. The molecule has 0 aliphatic carbocycles. The zero-order valence-electron chi connectivity index (χ0n) is 37.9. The summed E-state index contributed by atoms with van der Waals surface area (Å²) in [6.07, 6.45) is 5.28. The predicted octanol–water partition coefficient (Wildman–Crippen LogP) is 8.44. The molecule has 2 fully saturated rings. The second-order valence-electron chi connectivity index (χ2n) is 16.7. The maximum atomic E-state index is 13.6. The lowest BCUT2D eigenvalue weighted by molar-refractivity contribution is -0.387. The van der Waals surface area contributed by atoms with Gasteiger partial charge >= 0.3 is 11.9 Å². The fourth-order valence-electron chi connectivity index (χ4n) is 8.42. The van der Waals surface area contributed by atoms with Crippen molar-refractivity contribution in [3.63, 3.8) is 0 Å². The summed E-state index contributed by atoms with van der Waals surface area (Å²) < 4.78 is 9.54. The molecule has 16 nitrogen and oxygen atoms in total. The molecule has 2 unspecified atom stereocenters. The van der Waals surface area contributed by atoms with Crippen LogP contribution in [0, 0.1) is 32.1 Å². The first-order valence-corrected chi connectivity index (χ1v) is 22.4. The number of amides is 2. The second-order valence-corrected chi connectivity index (χ2v) is 17.8. The first-order valence-electron chi connectivity index (χ1n) is 21.6. The highest BCUT2D eigenvalue weighted by molar-refractivity contribution is 7.99. The van der Waals surface area contributed by atoms with Crippen molar-refractivity contribution in [2.75, 3.05) is 40.4 Å². The number of methoxy groups -OCH3 is 2. The van der Waals surface area contributed by atoms with Gasteiger partial charge in [-0.15, -0.1) is 0 Å². The SMILES string of the molecule is COC(=O)C1CN(C(=O)/C=C/c2ccc(Sc3ccc(/C=C/C(=O)N4CCC(=O)C(C(=O)OC)C4)c(-c4ccccc4C(C)C)c3[N+](=O)[O-])c([N+](=O)[O-])c2-c2ccccc2C(C)C)CCC1=O. The second kappa shape index (κ2) is 21.4. The Morgan fingerprint density at radius 2 is 1.00 bits per heavy atom. The van der Waals surface area contributed by atoms with Crippen molar-refractivity contribution in [1.82, 2.24) is 9.80 Å². The summed E-state index contributed by atoms with van der Waals surface area (Å²) in [7, 11) is 2.32. The van der Waals surface area contributed by atoms with Crippen LogP contribution in [0.4, 0.5) is 11.4 Å². The molecule has 4 aromatic carbocycles. The molecule has 0 spiro atoms. The van der Waals surface area contributed by atoms with E-state index < -0.39 is 45.4 Å².